The van der Waals surface area contributed by atoms with Gasteiger partial charge >= 0.3 is 0 Å². The molecule has 0 saturated carbocycles. The number of benzene rings is 2. The lowest BCUT2D eigenvalue weighted by Crippen LogP contribution is -2.30. The summed E-state index contributed by atoms with van der Waals surface area (Å²) in [5.74, 6) is 0.741. The predicted molar refractivity (Wildman–Crippen MR) is 89.9 cm³/mol. The highest BCUT2D eigenvalue weighted by Gasteiger charge is 2.15. The van der Waals surface area contributed by atoms with Crippen molar-refractivity contribution in [3.63, 3.8) is 0 Å². The number of rotatable bonds is 5. The van der Waals surface area contributed by atoms with Gasteiger partial charge < -0.3 is 14.5 Å². The van der Waals surface area contributed by atoms with Crippen LogP contribution in [-0.4, -0.2) is 22.2 Å². The zero-order valence-corrected chi connectivity index (χ0v) is 13.5. The first kappa shape index (κ1) is 16.0. The number of hydrogen-bond acceptors (Lipinski definition) is 5. The summed E-state index contributed by atoms with van der Waals surface area (Å²) in [4.78, 5) is 12.2. The number of anilines is 1. The van der Waals surface area contributed by atoms with Crippen LogP contribution >= 0.6 is 11.6 Å². The van der Waals surface area contributed by atoms with Crippen LogP contribution in [0, 0.1) is 0 Å². The average molecular weight is 344 g/mol. The molecule has 3 rings (SSSR count). The fourth-order valence-electron chi connectivity index (χ4n) is 2.01. The van der Waals surface area contributed by atoms with E-state index in [1.165, 1.54) is 6.39 Å². The zero-order chi connectivity index (χ0) is 16.9. The van der Waals surface area contributed by atoms with E-state index in [9.17, 15) is 4.79 Å². The Morgan fingerprint density at radius 3 is 2.50 bits per heavy atom. The van der Waals surface area contributed by atoms with Crippen LogP contribution in [0.15, 0.2) is 59.3 Å². The molecule has 0 saturated heterocycles. The number of aromatic nitrogens is 2. The second-order valence-electron chi connectivity index (χ2n) is 5.02. The number of carbonyl (C=O) groups is 1. The Hall–Kier alpha value is -2.86. The molecular formula is C17H14ClN3O3. The molecule has 0 spiro atoms. The molecular weight excluding hydrogens is 330 g/mol. The lowest BCUT2D eigenvalue weighted by atomic mass is 10.2. The summed E-state index contributed by atoms with van der Waals surface area (Å²) in [6.45, 7) is 1.68. The van der Waals surface area contributed by atoms with Crippen molar-refractivity contribution in [3.05, 3.63) is 59.9 Å². The number of nitrogens with zero attached hydrogens (tertiary/aromatic N) is 2. The first-order chi connectivity index (χ1) is 11.6. The zero-order valence-electron chi connectivity index (χ0n) is 12.8. The number of amides is 1. The van der Waals surface area contributed by atoms with E-state index < -0.39 is 6.10 Å². The summed E-state index contributed by atoms with van der Waals surface area (Å²) in [6.07, 6.45) is 0.609. The molecule has 1 amide bonds. The highest BCUT2D eigenvalue weighted by Crippen LogP contribution is 2.21. The van der Waals surface area contributed by atoms with Crippen LogP contribution in [0.4, 0.5) is 5.69 Å². The maximum Gasteiger partial charge on any atom is 0.265 e. The van der Waals surface area contributed by atoms with Crippen LogP contribution in [-0.2, 0) is 4.79 Å². The Kier molecular flexibility index (Phi) is 4.77. The van der Waals surface area contributed by atoms with Crippen molar-refractivity contribution in [2.75, 3.05) is 5.32 Å². The Morgan fingerprint density at radius 2 is 1.88 bits per heavy atom. The molecule has 24 heavy (non-hydrogen) atoms. The Labute approximate surface area is 143 Å². The van der Waals surface area contributed by atoms with Crippen molar-refractivity contribution in [1.29, 1.82) is 0 Å². The monoisotopic (exact) mass is 343 g/mol. The van der Waals surface area contributed by atoms with E-state index in [4.69, 9.17) is 20.8 Å². The topological polar surface area (TPSA) is 77.2 Å². The van der Waals surface area contributed by atoms with Crippen molar-refractivity contribution in [3.8, 4) is 17.2 Å². The van der Waals surface area contributed by atoms with E-state index in [1.807, 2.05) is 0 Å². The molecule has 0 bridgehead atoms. The van der Waals surface area contributed by atoms with E-state index in [1.54, 1.807) is 55.5 Å². The normalized spacial score (nSPS) is 11.8. The van der Waals surface area contributed by atoms with E-state index in [2.05, 4.69) is 15.5 Å². The van der Waals surface area contributed by atoms with E-state index in [-0.39, 0.29) is 5.91 Å². The largest absolute Gasteiger partial charge is 0.481 e. The van der Waals surface area contributed by atoms with Gasteiger partial charge in [0.2, 0.25) is 12.3 Å². The van der Waals surface area contributed by atoms with Gasteiger partial charge in [-0.3, -0.25) is 4.79 Å². The minimum atomic E-state index is -0.657. The predicted octanol–water partition coefficient (Wildman–Crippen LogP) is 3.80. The quantitative estimate of drug-likeness (QED) is 0.762. The third-order valence-electron chi connectivity index (χ3n) is 3.26. The minimum Gasteiger partial charge on any atom is -0.481 e. The third kappa shape index (κ3) is 3.91. The van der Waals surface area contributed by atoms with Crippen LogP contribution in [0.3, 0.4) is 0 Å². The number of halogens is 1. The second-order valence-corrected chi connectivity index (χ2v) is 5.46. The van der Waals surface area contributed by atoms with Crippen molar-refractivity contribution in [2.45, 2.75) is 13.0 Å². The van der Waals surface area contributed by atoms with Crippen LogP contribution in [0.5, 0.6) is 5.75 Å². The van der Waals surface area contributed by atoms with E-state index in [0.29, 0.717) is 22.4 Å². The number of carbonyl (C=O) groups excluding carboxylic acids is 1. The summed E-state index contributed by atoms with van der Waals surface area (Å²) in [6, 6.07) is 13.9. The smallest absolute Gasteiger partial charge is 0.265 e. The molecule has 1 N–H and O–H groups in total. The molecule has 0 aliphatic carbocycles. The Morgan fingerprint density at radius 1 is 1.17 bits per heavy atom. The van der Waals surface area contributed by atoms with Crippen molar-refractivity contribution in [1.82, 2.24) is 10.2 Å². The van der Waals surface area contributed by atoms with E-state index >= 15 is 0 Å². The molecule has 1 heterocycles. The Bertz CT molecular complexity index is 802. The molecule has 1 aromatic heterocycles. The second kappa shape index (κ2) is 7.14. The van der Waals surface area contributed by atoms with Gasteiger partial charge in [-0.2, -0.15) is 0 Å². The average Bonchev–Trinajstić information content (AvgIpc) is 3.12. The highest BCUT2D eigenvalue weighted by atomic mass is 35.5. The lowest BCUT2D eigenvalue weighted by Gasteiger charge is -2.15. The molecule has 3 aromatic rings. The first-order valence-corrected chi connectivity index (χ1v) is 7.59. The summed E-state index contributed by atoms with van der Waals surface area (Å²) >= 11 is 5.82. The molecule has 6 nitrogen and oxygen atoms in total. The number of nitrogens with one attached hydrogen (secondary N) is 1. The van der Waals surface area contributed by atoms with Gasteiger partial charge in [-0.25, -0.2) is 0 Å². The molecule has 7 heteroatoms. The molecule has 0 aliphatic heterocycles. The summed E-state index contributed by atoms with van der Waals surface area (Å²) in [5, 5.41) is 10.8. The fourth-order valence-corrected chi connectivity index (χ4v) is 2.14. The van der Waals surface area contributed by atoms with Gasteiger partial charge in [-0.1, -0.05) is 11.6 Å². The highest BCUT2D eigenvalue weighted by molar-refractivity contribution is 6.30. The standard InChI is InChI=1S/C17H14ClN3O3/c1-11(16(22)20-14-6-4-13(18)5-7-14)24-15-8-2-12(3-9-15)17-21-19-10-23-17/h2-11H,1H3,(H,20,22)/t11-/m0/s1. The summed E-state index contributed by atoms with van der Waals surface area (Å²) in [7, 11) is 0. The third-order valence-corrected chi connectivity index (χ3v) is 3.51. The van der Waals surface area contributed by atoms with Crippen LogP contribution < -0.4 is 10.1 Å². The first-order valence-electron chi connectivity index (χ1n) is 7.21. The molecule has 0 radical (unpaired) electrons. The van der Waals surface area contributed by atoms with Gasteiger partial charge in [0, 0.05) is 16.3 Å². The molecule has 1 atom stereocenters. The van der Waals surface area contributed by atoms with Crippen molar-refractivity contribution >= 4 is 23.2 Å². The number of hydrogen-bond donors (Lipinski definition) is 1. The van der Waals surface area contributed by atoms with Crippen LogP contribution in [0.25, 0.3) is 11.5 Å². The minimum absolute atomic E-state index is 0.252. The fraction of sp³-hybridized carbons (Fsp3) is 0.118. The van der Waals surface area contributed by atoms with Crippen LogP contribution in [0.2, 0.25) is 5.02 Å². The molecule has 0 unspecified atom stereocenters. The maximum absolute atomic E-state index is 12.2. The molecule has 2 aromatic carbocycles. The van der Waals surface area contributed by atoms with Gasteiger partial charge in [0.25, 0.3) is 5.91 Å². The molecule has 122 valence electrons. The van der Waals surface area contributed by atoms with Gasteiger partial charge in [0.15, 0.2) is 6.10 Å². The number of ether oxygens (including phenoxy) is 1. The van der Waals surface area contributed by atoms with Gasteiger partial charge in [0.05, 0.1) is 0 Å². The van der Waals surface area contributed by atoms with Crippen molar-refractivity contribution < 1.29 is 13.9 Å². The van der Waals surface area contributed by atoms with Gasteiger partial charge in [-0.05, 0) is 55.5 Å². The van der Waals surface area contributed by atoms with Crippen LogP contribution in [0.1, 0.15) is 6.92 Å². The van der Waals surface area contributed by atoms with Gasteiger partial charge in [-0.15, -0.1) is 10.2 Å². The SMILES string of the molecule is C[C@H](Oc1ccc(-c2nnco2)cc1)C(=O)Nc1ccc(Cl)cc1. The lowest BCUT2D eigenvalue weighted by molar-refractivity contribution is -0.122. The summed E-state index contributed by atoms with van der Waals surface area (Å²) < 4.78 is 10.8. The van der Waals surface area contributed by atoms with E-state index in [0.717, 1.165) is 5.56 Å². The Balaban J connectivity index is 1.60. The molecule has 0 fully saturated rings. The van der Waals surface area contributed by atoms with Gasteiger partial charge in [0.1, 0.15) is 5.75 Å². The summed E-state index contributed by atoms with van der Waals surface area (Å²) in [5.41, 5.74) is 1.43. The van der Waals surface area contributed by atoms with Crippen molar-refractivity contribution in [2.24, 2.45) is 0 Å². The molecule has 0 aliphatic rings. The maximum atomic E-state index is 12.2.